The molecule has 2 heterocycles. The number of aromatic nitrogens is 1. The summed E-state index contributed by atoms with van der Waals surface area (Å²) in [5.74, 6) is 0.182. The Hall–Kier alpha value is -2.17. The number of benzene rings is 1. The first kappa shape index (κ1) is 13.8. The zero-order chi connectivity index (χ0) is 14.8. The largest absolute Gasteiger partial charge is 0.361 e. The second-order valence-electron chi connectivity index (χ2n) is 5.39. The molecule has 3 rings (SSSR count). The van der Waals surface area contributed by atoms with Crippen molar-refractivity contribution in [1.82, 2.24) is 10.1 Å². The highest BCUT2D eigenvalue weighted by Crippen LogP contribution is 2.32. The molecule has 1 amide bonds. The Bertz CT molecular complexity index is 653. The van der Waals surface area contributed by atoms with Crippen LogP contribution >= 0.6 is 0 Å². The van der Waals surface area contributed by atoms with Gasteiger partial charge in [-0.25, -0.2) is 4.39 Å². The molecule has 1 saturated heterocycles. The molecule has 1 fully saturated rings. The van der Waals surface area contributed by atoms with Crippen LogP contribution in [0.3, 0.4) is 0 Å². The number of piperidine rings is 1. The molecule has 0 aliphatic carbocycles. The van der Waals surface area contributed by atoms with Crippen LogP contribution in [0.25, 0.3) is 0 Å². The number of halogens is 1. The van der Waals surface area contributed by atoms with Gasteiger partial charge in [-0.05, 0) is 43.9 Å². The highest BCUT2D eigenvalue weighted by atomic mass is 19.1. The molecule has 2 aromatic rings. The van der Waals surface area contributed by atoms with Crippen LogP contribution in [0.5, 0.6) is 0 Å². The van der Waals surface area contributed by atoms with E-state index in [1.807, 2.05) is 6.07 Å². The number of carbonyl (C=O) groups excluding carboxylic acids is 1. The minimum atomic E-state index is -0.275. The smallest absolute Gasteiger partial charge is 0.276 e. The van der Waals surface area contributed by atoms with E-state index in [0.717, 1.165) is 24.8 Å². The Morgan fingerprint density at radius 2 is 2.24 bits per heavy atom. The van der Waals surface area contributed by atoms with E-state index >= 15 is 0 Å². The van der Waals surface area contributed by atoms with Crippen molar-refractivity contribution in [2.45, 2.75) is 32.2 Å². The molecule has 0 bridgehead atoms. The normalized spacial score (nSPS) is 18.8. The fourth-order valence-corrected chi connectivity index (χ4v) is 2.85. The van der Waals surface area contributed by atoms with Crippen LogP contribution in [0.4, 0.5) is 4.39 Å². The molecule has 5 heteroatoms. The number of aryl methyl sites for hydroxylation is 1. The van der Waals surface area contributed by atoms with Crippen LogP contribution in [0.15, 0.2) is 34.9 Å². The van der Waals surface area contributed by atoms with Crippen molar-refractivity contribution in [2.75, 3.05) is 6.54 Å². The maximum Gasteiger partial charge on any atom is 0.276 e. The summed E-state index contributed by atoms with van der Waals surface area (Å²) in [6, 6.07) is 8.01. The van der Waals surface area contributed by atoms with E-state index in [0.29, 0.717) is 18.0 Å². The minimum absolute atomic E-state index is 0.0982. The number of hydrogen-bond acceptors (Lipinski definition) is 3. The van der Waals surface area contributed by atoms with E-state index in [4.69, 9.17) is 4.52 Å². The summed E-state index contributed by atoms with van der Waals surface area (Å²) in [6.45, 7) is 2.41. The highest BCUT2D eigenvalue weighted by Gasteiger charge is 2.30. The van der Waals surface area contributed by atoms with Gasteiger partial charge >= 0.3 is 0 Å². The Labute approximate surface area is 122 Å². The maximum atomic E-state index is 13.4. The molecule has 0 spiro atoms. The quantitative estimate of drug-likeness (QED) is 0.849. The SMILES string of the molecule is Cc1cc(C(=O)N2CCCC[C@H]2c2cccc(F)c2)no1. The van der Waals surface area contributed by atoms with Gasteiger partial charge in [-0.15, -0.1) is 0 Å². The van der Waals surface area contributed by atoms with Gasteiger partial charge in [0.15, 0.2) is 5.69 Å². The fraction of sp³-hybridized carbons (Fsp3) is 0.375. The number of rotatable bonds is 2. The first-order valence-corrected chi connectivity index (χ1v) is 7.15. The van der Waals surface area contributed by atoms with Crippen LogP contribution in [-0.2, 0) is 0 Å². The van der Waals surface area contributed by atoms with Gasteiger partial charge in [-0.3, -0.25) is 4.79 Å². The lowest BCUT2D eigenvalue weighted by Gasteiger charge is -2.35. The molecular formula is C16H17FN2O2. The molecule has 1 aromatic heterocycles. The van der Waals surface area contributed by atoms with Gasteiger partial charge in [0.2, 0.25) is 0 Å². The molecular weight excluding hydrogens is 271 g/mol. The molecule has 1 aliphatic rings. The molecule has 1 aromatic carbocycles. The first-order chi connectivity index (χ1) is 10.1. The van der Waals surface area contributed by atoms with Gasteiger partial charge in [0, 0.05) is 12.6 Å². The zero-order valence-corrected chi connectivity index (χ0v) is 11.9. The van der Waals surface area contributed by atoms with Gasteiger partial charge in [0.25, 0.3) is 5.91 Å². The monoisotopic (exact) mass is 288 g/mol. The number of amides is 1. The van der Waals surface area contributed by atoms with E-state index < -0.39 is 0 Å². The third kappa shape index (κ3) is 2.82. The fourth-order valence-electron chi connectivity index (χ4n) is 2.85. The third-order valence-corrected chi connectivity index (χ3v) is 3.84. The van der Waals surface area contributed by atoms with Crippen LogP contribution in [-0.4, -0.2) is 22.5 Å². The van der Waals surface area contributed by atoms with Gasteiger partial charge < -0.3 is 9.42 Å². The van der Waals surface area contributed by atoms with Gasteiger partial charge in [0.1, 0.15) is 11.6 Å². The average molecular weight is 288 g/mol. The van der Waals surface area contributed by atoms with Crippen molar-refractivity contribution in [1.29, 1.82) is 0 Å². The van der Waals surface area contributed by atoms with Crippen LogP contribution in [0, 0.1) is 12.7 Å². The van der Waals surface area contributed by atoms with Gasteiger partial charge in [-0.1, -0.05) is 17.3 Å². The number of nitrogens with zero attached hydrogens (tertiary/aromatic N) is 2. The van der Waals surface area contributed by atoms with Gasteiger partial charge in [0.05, 0.1) is 6.04 Å². The van der Waals surface area contributed by atoms with Crippen molar-refractivity contribution >= 4 is 5.91 Å². The Balaban J connectivity index is 1.89. The lowest BCUT2D eigenvalue weighted by molar-refractivity contribution is 0.0600. The maximum absolute atomic E-state index is 13.4. The van der Waals surface area contributed by atoms with Crippen LogP contribution < -0.4 is 0 Å². The molecule has 110 valence electrons. The average Bonchev–Trinajstić information content (AvgIpc) is 2.93. The van der Waals surface area contributed by atoms with Gasteiger partial charge in [-0.2, -0.15) is 0 Å². The number of carbonyl (C=O) groups is 1. The molecule has 0 saturated carbocycles. The van der Waals surface area contributed by atoms with E-state index in [1.54, 1.807) is 24.0 Å². The molecule has 21 heavy (non-hydrogen) atoms. The lowest BCUT2D eigenvalue weighted by Crippen LogP contribution is -2.38. The van der Waals surface area contributed by atoms with Crippen molar-refractivity contribution in [3.8, 4) is 0 Å². The zero-order valence-electron chi connectivity index (χ0n) is 11.9. The summed E-state index contributed by atoms with van der Waals surface area (Å²) in [5, 5.41) is 3.80. The first-order valence-electron chi connectivity index (χ1n) is 7.15. The van der Waals surface area contributed by atoms with Crippen molar-refractivity contribution in [3.63, 3.8) is 0 Å². The molecule has 1 atom stereocenters. The summed E-state index contributed by atoms with van der Waals surface area (Å²) < 4.78 is 18.4. The van der Waals surface area contributed by atoms with E-state index in [2.05, 4.69) is 5.16 Å². The van der Waals surface area contributed by atoms with Crippen molar-refractivity contribution in [2.24, 2.45) is 0 Å². The van der Waals surface area contributed by atoms with E-state index in [1.165, 1.54) is 12.1 Å². The molecule has 4 nitrogen and oxygen atoms in total. The van der Waals surface area contributed by atoms with Crippen LogP contribution in [0.2, 0.25) is 0 Å². The Morgan fingerprint density at radius 1 is 1.38 bits per heavy atom. The Kier molecular flexibility index (Phi) is 3.73. The predicted octanol–water partition coefficient (Wildman–Crippen LogP) is 3.49. The van der Waals surface area contributed by atoms with E-state index in [-0.39, 0.29) is 17.8 Å². The summed E-state index contributed by atoms with van der Waals surface area (Å²) in [7, 11) is 0. The highest BCUT2D eigenvalue weighted by molar-refractivity contribution is 5.92. The molecule has 0 radical (unpaired) electrons. The second kappa shape index (κ2) is 5.68. The number of likely N-dealkylation sites (tertiary alicyclic amines) is 1. The molecule has 1 aliphatic heterocycles. The van der Waals surface area contributed by atoms with Crippen molar-refractivity contribution in [3.05, 3.63) is 53.2 Å². The topological polar surface area (TPSA) is 46.3 Å². The minimum Gasteiger partial charge on any atom is -0.361 e. The standard InChI is InChI=1S/C16H17FN2O2/c1-11-9-14(18-21-11)16(20)19-8-3-2-7-15(19)12-5-4-6-13(17)10-12/h4-6,9-10,15H,2-3,7-8H2,1H3/t15-/m0/s1. The summed E-state index contributed by atoms with van der Waals surface area (Å²) in [5.41, 5.74) is 1.15. The summed E-state index contributed by atoms with van der Waals surface area (Å²) >= 11 is 0. The lowest BCUT2D eigenvalue weighted by atomic mass is 9.95. The summed E-state index contributed by atoms with van der Waals surface area (Å²) in [4.78, 5) is 14.4. The van der Waals surface area contributed by atoms with Crippen LogP contribution in [0.1, 0.15) is 47.1 Å². The second-order valence-corrected chi connectivity index (χ2v) is 5.39. The summed E-state index contributed by atoms with van der Waals surface area (Å²) in [6.07, 6.45) is 2.82. The molecule has 0 N–H and O–H groups in total. The number of hydrogen-bond donors (Lipinski definition) is 0. The predicted molar refractivity (Wildman–Crippen MR) is 75.3 cm³/mol. The Morgan fingerprint density at radius 3 is 2.95 bits per heavy atom. The van der Waals surface area contributed by atoms with Crippen molar-refractivity contribution < 1.29 is 13.7 Å². The van der Waals surface area contributed by atoms with E-state index in [9.17, 15) is 9.18 Å². The molecule has 0 unspecified atom stereocenters. The third-order valence-electron chi connectivity index (χ3n) is 3.84.